The molecule has 5 rings (SSSR count). The Balaban J connectivity index is 1.41. The summed E-state index contributed by atoms with van der Waals surface area (Å²) in [5.41, 5.74) is 5.41. The number of hydrogen-bond donors (Lipinski definition) is 1. The topological polar surface area (TPSA) is 111 Å². The van der Waals surface area contributed by atoms with Gasteiger partial charge in [-0.25, -0.2) is 4.79 Å². The number of ether oxygens (including phenoxy) is 3. The van der Waals surface area contributed by atoms with Crippen LogP contribution in [0.25, 0.3) is 32.5 Å². The Hall–Kier alpha value is -5.07. The van der Waals surface area contributed by atoms with Crippen molar-refractivity contribution in [3.63, 3.8) is 0 Å². The van der Waals surface area contributed by atoms with Gasteiger partial charge in [-0.05, 0) is 92.4 Å². The summed E-state index contributed by atoms with van der Waals surface area (Å²) in [6.07, 6.45) is 1.26. The van der Waals surface area contributed by atoms with Crippen LogP contribution < -0.4 is 10.1 Å². The van der Waals surface area contributed by atoms with Crippen molar-refractivity contribution < 1.29 is 28.2 Å². The number of benzene rings is 3. The lowest BCUT2D eigenvalue weighted by Gasteiger charge is -2.19. The van der Waals surface area contributed by atoms with Crippen LogP contribution in [0.1, 0.15) is 49.3 Å². The maximum absolute atomic E-state index is 12.4. The number of carbonyl (C=O) groups excluding carboxylic acids is 2. The molecule has 230 valence electrons. The first-order valence-electron chi connectivity index (χ1n) is 14.6. The number of esters is 1. The van der Waals surface area contributed by atoms with Gasteiger partial charge in [0, 0.05) is 27.9 Å². The van der Waals surface area contributed by atoms with E-state index in [-0.39, 0.29) is 19.0 Å². The van der Waals surface area contributed by atoms with Crippen molar-refractivity contribution in [1.29, 1.82) is 5.26 Å². The molecule has 1 amide bonds. The van der Waals surface area contributed by atoms with Crippen molar-refractivity contribution in [3.8, 4) is 33.4 Å². The van der Waals surface area contributed by atoms with Crippen molar-refractivity contribution in [2.24, 2.45) is 0 Å². The summed E-state index contributed by atoms with van der Waals surface area (Å²) >= 11 is 1.40. The molecule has 0 spiro atoms. The Morgan fingerprint density at radius 2 is 1.82 bits per heavy atom. The first-order chi connectivity index (χ1) is 21.6. The lowest BCUT2D eigenvalue weighted by molar-refractivity contribution is -0.142. The monoisotopic (exact) mass is 622 g/mol. The quantitative estimate of drug-likeness (QED) is 0.156. The minimum absolute atomic E-state index is 0.0769. The van der Waals surface area contributed by atoms with Gasteiger partial charge in [0.25, 0.3) is 0 Å². The molecule has 0 aliphatic heterocycles. The van der Waals surface area contributed by atoms with E-state index >= 15 is 0 Å². The fraction of sp³-hybridized carbons (Fsp3) is 0.250. The highest BCUT2D eigenvalue weighted by atomic mass is 32.1. The first-order valence-corrected chi connectivity index (χ1v) is 15.4. The smallest absolute Gasteiger partial charge is 0.407 e. The number of carbonyl (C=O) groups is 2. The van der Waals surface area contributed by atoms with Gasteiger partial charge in [0.15, 0.2) is 0 Å². The highest BCUT2D eigenvalue weighted by molar-refractivity contribution is 7.16. The van der Waals surface area contributed by atoms with E-state index in [2.05, 4.69) is 11.4 Å². The van der Waals surface area contributed by atoms with Crippen LogP contribution >= 0.6 is 11.3 Å². The molecule has 0 bridgehead atoms. The van der Waals surface area contributed by atoms with Gasteiger partial charge in [-0.3, -0.25) is 4.79 Å². The molecule has 3 aromatic carbocycles. The molecule has 0 radical (unpaired) electrons. The van der Waals surface area contributed by atoms with Crippen LogP contribution in [0.3, 0.4) is 0 Å². The van der Waals surface area contributed by atoms with Crippen LogP contribution in [-0.2, 0) is 33.8 Å². The summed E-state index contributed by atoms with van der Waals surface area (Å²) in [4.78, 5) is 26.1. The Kier molecular flexibility index (Phi) is 9.55. The number of hydrogen-bond acceptors (Lipinski definition) is 8. The van der Waals surface area contributed by atoms with E-state index in [1.54, 1.807) is 19.3 Å². The summed E-state index contributed by atoms with van der Waals surface area (Å²) in [5.74, 6) is 0.234. The van der Waals surface area contributed by atoms with E-state index in [9.17, 15) is 14.9 Å². The molecule has 0 unspecified atom stereocenters. The van der Waals surface area contributed by atoms with Crippen LogP contribution in [0.15, 0.2) is 83.5 Å². The minimum Gasteiger partial charge on any atom is -0.489 e. The molecule has 0 fully saturated rings. The Morgan fingerprint density at radius 3 is 2.58 bits per heavy atom. The number of nitrogens with zero attached hydrogens (tertiary/aromatic N) is 1. The molecule has 2 aromatic heterocycles. The number of furan rings is 1. The van der Waals surface area contributed by atoms with Crippen LogP contribution in [0, 0.1) is 11.3 Å². The van der Waals surface area contributed by atoms with Crippen molar-refractivity contribution >= 4 is 34.4 Å². The lowest BCUT2D eigenvalue weighted by atomic mass is 9.99. The molecule has 0 saturated carbocycles. The van der Waals surface area contributed by atoms with E-state index < -0.39 is 11.7 Å². The van der Waals surface area contributed by atoms with Gasteiger partial charge in [0.05, 0.1) is 19.3 Å². The molecule has 5 aromatic rings. The van der Waals surface area contributed by atoms with Gasteiger partial charge < -0.3 is 23.9 Å². The second-order valence-electron chi connectivity index (χ2n) is 11.4. The largest absolute Gasteiger partial charge is 0.489 e. The van der Waals surface area contributed by atoms with Crippen LogP contribution in [0.2, 0.25) is 0 Å². The number of rotatable bonds is 10. The van der Waals surface area contributed by atoms with Crippen LogP contribution in [0.5, 0.6) is 5.75 Å². The van der Waals surface area contributed by atoms with E-state index in [1.165, 1.54) is 11.3 Å². The fourth-order valence-corrected chi connectivity index (χ4v) is 5.65. The number of nitrogens with one attached hydrogen (secondary N) is 1. The maximum atomic E-state index is 12.4. The fourth-order valence-electron chi connectivity index (χ4n) is 4.85. The molecule has 1 N–H and O–H groups in total. The zero-order valence-electron chi connectivity index (χ0n) is 25.6. The number of alkyl carbamates (subject to hydrolysis) is 1. The van der Waals surface area contributed by atoms with E-state index in [0.29, 0.717) is 29.3 Å². The molecule has 45 heavy (non-hydrogen) atoms. The molecule has 0 atom stereocenters. The summed E-state index contributed by atoms with van der Waals surface area (Å²) in [6, 6.07) is 25.4. The second kappa shape index (κ2) is 13.7. The number of amides is 1. The zero-order chi connectivity index (χ0) is 32.0. The van der Waals surface area contributed by atoms with Crippen LogP contribution in [0.4, 0.5) is 4.79 Å². The molecule has 0 aliphatic carbocycles. The lowest BCUT2D eigenvalue weighted by Crippen LogP contribution is -2.32. The second-order valence-corrected chi connectivity index (χ2v) is 12.5. The molecule has 0 aliphatic rings. The summed E-state index contributed by atoms with van der Waals surface area (Å²) < 4.78 is 22.8. The van der Waals surface area contributed by atoms with Gasteiger partial charge in [-0.1, -0.05) is 30.3 Å². The van der Waals surface area contributed by atoms with Crippen LogP contribution in [-0.4, -0.2) is 24.3 Å². The number of thiophene rings is 1. The van der Waals surface area contributed by atoms with Gasteiger partial charge in [-0.15, -0.1) is 11.3 Å². The Labute approximate surface area is 266 Å². The average Bonchev–Trinajstić information content (AvgIpc) is 3.69. The van der Waals surface area contributed by atoms with Gasteiger partial charge in [-0.2, -0.15) is 5.26 Å². The molecule has 9 heteroatoms. The summed E-state index contributed by atoms with van der Waals surface area (Å²) in [5, 5.41) is 13.0. The number of fused-ring (bicyclic) bond motifs is 1. The van der Waals surface area contributed by atoms with Crippen molar-refractivity contribution in [2.75, 3.05) is 6.61 Å². The minimum atomic E-state index is -0.578. The van der Waals surface area contributed by atoms with Gasteiger partial charge in [0.2, 0.25) is 0 Å². The molecule has 8 nitrogen and oxygen atoms in total. The van der Waals surface area contributed by atoms with Gasteiger partial charge >= 0.3 is 12.1 Å². The maximum Gasteiger partial charge on any atom is 0.407 e. The predicted molar refractivity (Wildman–Crippen MR) is 174 cm³/mol. The third kappa shape index (κ3) is 8.11. The average molecular weight is 623 g/mol. The van der Waals surface area contributed by atoms with E-state index in [4.69, 9.17) is 18.6 Å². The van der Waals surface area contributed by atoms with E-state index in [1.807, 2.05) is 87.5 Å². The molecule has 0 saturated heterocycles. The predicted octanol–water partition coefficient (Wildman–Crippen LogP) is 8.41. The highest BCUT2D eigenvalue weighted by Gasteiger charge is 2.17. The van der Waals surface area contributed by atoms with Crippen molar-refractivity contribution in [2.45, 2.75) is 52.9 Å². The SMILES string of the molecule is CCOC(=O)Cc1ccc(-c2ccc(C#N)s2)cc1OCc1cc(-c2cccc(CNC(=O)OC(C)(C)C)c2)c2occc2c1. The molecular weight excluding hydrogens is 588 g/mol. The highest BCUT2D eigenvalue weighted by Crippen LogP contribution is 2.35. The summed E-state index contributed by atoms with van der Waals surface area (Å²) in [6.45, 7) is 8.10. The Morgan fingerprint density at radius 1 is 0.978 bits per heavy atom. The van der Waals surface area contributed by atoms with Crippen molar-refractivity contribution in [1.82, 2.24) is 5.32 Å². The third-order valence-corrected chi connectivity index (χ3v) is 7.83. The first kappa shape index (κ1) is 31.4. The van der Waals surface area contributed by atoms with Gasteiger partial charge in [0.1, 0.15) is 34.5 Å². The molecular formula is C36H34N2O6S. The van der Waals surface area contributed by atoms with E-state index in [0.717, 1.165) is 43.7 Å². The number of nitriles is 1. The standard InChI is InChI=1S/C36H34N2O6S/c1-5-41-33(39)19-26-9-10-27(32-12-11-29(20-37)45-32)18-31(26)43-22-24-16-28-13-14-42-34(28)30(17-24)25-8-6-7-23(15-25)21-38-35(40)44-36(2,3)4/h6-18H,5,19,21-22H2,1-4H3,(H,38,40). The third-order valence-electron chi connectivity index (χ3n) is 6.79. The normalized spacial score (nSPS) is 11.2. The summed E-state index contributed by atoms with van der Waals surface area (Å²) in [7, 11) is 0. The van der Waals surface area contributed by atoms with Crippen molar-refractivity contribution in [3.05, 3.63) is 101 Å². The molecule has 2 heterocycles. The Bertz CT molecular complexity index is 1870. The zero-order valence-corrected chi connectivity index (χ0v) is 26.5.